The first-order valence-corrected chi connectivity index (χ1v) is 19.9. The molecule has 0 aromatic heterocycles. The van der Waals surface area contributed by atoms with E-state index < -0.39 is 36.0 Å². The number of nitrogens with one attached hydrogen (secondary N) is 3. The molecule has 6 aromatic rings. The number of hydrogen-bond donors (Lipinski definition) is 7. The molecule has 6 aromatic carbocycles. The van der Waals surface area contributed by atoms with Crippen molar-refractivity contribution in [2.24, 2.45) is 0 Å². The normalized spacial score (nSPS) is 12.2. The Kier molecular flexibility index (Phi) is 10.1. The predicted molar refractivity (Wildman–Crippen MR) is 200 cm³/mol. The van der Waals surface area contributed by atoms with Crippen molar-refractivity contribution >= 4 is 64.5 Å². The highest BCUT2D eigenvalue weighted by Crippen LogP contribution is 2.39. The maximum Gasteiger partial charge on any atom is 0.296 e. The van der Waals surface area contributed by atoms with E-state index >= 15 is 0 Å². The second-order valence-electron chi connectivity index (χ2n) is 11.7. The van der Waals surface area contributed by atoms with E-state index in [1.807, 2.05) is 0 Å². The van der Waals surface area contributed by atoms with Gasteiger partial charge < -0.3 is 21.1 Å². The van der Waals surface area contributed by atoms with Crippen LogP contribution in [0, 0.1) is 0 Å². The molecule has 0 saturated carbocycles. The largest absolute Gasteiger partial charge is 0.376 e. The van der Waals surface area contributed by atoms with Crippen LogP contribution in [-0.4, -0.2) is 44.0 Å². The van der Waals surface area contributed by atoms with Crippen LogP contribution in [0.1, 0.15) is 16.7 Å². The SMILES string of the molecule is O=S(=O)(O)c1ccccc1Nc1ccc(C(O)(c2ccc(Nc3ccccc3S(=O)(=O)O)cc2)c2ccc(Nc3ccccc3S(=O)(=O)O)cc2)cc1. The molecule has 0 amide bonds. The van der Waals surface area contributed by atoms with Crippen molar-refractivity contribution in [3.63, 3.8) is 0 Å². The van der Waals surface area contributed by atoms with E-state index in [0.717, 1.165) is 0 Å². The van der Waals surface area contributed by atoms with Crippen molar-refractivity contribution in [3.05, 3.63) is 162 Å². The second kappa shape index (κ2) is 14.4. The van der Waals surface area contributed by atoms with E-state index in [0.29, 0.717) is 33.8 Å². The molecule has 13 nitrogen and oxygen atoms in total. The minimum absolute atomic E-state index is 0.135. The molecule has 0 spiro atoms. The monoisotopic (exact) mass is 773 g/mol. The molecule has 0 atom stereocenters. The zero-order valence-corrected chi connectivity index (χ0v) is 29.8. The highest BCUT2D eigenvalue weighted by molar-refractivity contribution is 7.86. The average Bonchev–Trinajstić information content (AvgIpc) is 3.12. The summed E-state index contributed by atoms with van der Waals surface area (Å²) >= 11 is 0. The molecule has 53 heavy (non-hydrogen) atoms. The van der Waals surface area contributed by atoms with Gasteiger partial charge in [-0.25, -0.2) is 0 Å². The fourth-order valence-corrected chi connectivity index (χ4v) is 7.68. The lowest BCUT2D eigenvalue weighted by Gasteiger charge is -2.31. The molecule has 7 N–H and O–H groups in total. The molecule has 0 fully saturated rings. The van der Waals surface area contributed by atoms with Crippen molar-refractivity contribution in [2.75, 3.05) is 16.0 Å². The Morgan fingerprint density at radius 3 is 0.811 bits per heavy atom. The summed E-state index contributed by atoms with van der Waals surface area (Å²) in [6.45, 7) is 0. The van der Waals surface area contributed by atoms with E-state index in [9.17, 15) is 44.0 Å². The molecular weight excluding hydrogens is 743 g/mol. The van der Waals surface area contributed by atoms with Gasteiger partial charge in [0.05, 0.1) is 17.1 Å². The fraction of sp³-hybridized carbons (Fsp3) is 0.0270. The lowest BCUT2D eigenvalue weighted by atomic mass is 9.80. The maximum atomic E-state index is 12.6. The van der Waals surface area contributed by atoms with Gasteiger partial charge in [-0.05, 0) is 89.5 Å². The number of rotatable bonds is 12. The van der Waals surface area contributed by atoms with E-state index in [-0.39, 0.29) is 31.7 Å². The van der Waals surface area contributed by atoms with Crippen LogP contribution in [0.15, 0.2) is 160 Å². The Labute approximate surface area is 305 Å². The van der Waals surface area contributed by atoms with Gasteiger partial charge in [0.15, 0.2) is 0 Å². The fourth-order valence-electron chi connectivity index (χ4n) is 5.74. The van der Waals surface area contributed by atoms with Gasteiger partial charge in [0.25, 0.3) is 30.4 Å². The van der Waals surface area contributed by atoms with Crippen molar-refractivity contribution in [1.29, 1.82) is 0 Å². The lowest BCUT2D eigenvalue weighted by molar-refractivity contribution is 0.126. The van der Waals surface area contributed by atoms with Crippen LogP contribution >= 0.6 is 0 Å². The number of benzene rings is 6. The van der Waals surface area contributed by atoms with Gasteiger partial charge in [0.1, 0.15) is 20.3 Å². The van der Waals surface area contributed by atoms with Crippen LogP contribution in [0.2, 0.25) is 0 Å². The van der Waals surface area contributed by atoms with Crippen LogP contribution in [-0.2, 0) is 36.0 Å². The third-order valence-corrected chi connectivity index (χ3v) is 11.0. The van der Waals surface area contributed by atoms with Gasteiger partial charge in [0, 0.05) is 17.1 Å². The van der Waals surface area contributed by atoms with Crippen molar-refractivity contribution in [1.82, 2.24) is 0 Å². The molecule has 272 valence electrons. The molecule has 0 aliphatic carbocycles. The van der Waals surface area contributed by atoms with Gasteiger partial charge in [-0.2, -0.15) is 25.3 Å². The topological polar surface area (TPSA) is 219 Å². The van der Waals surface area contributed by atoms with Crippen LogP contribution in [0.3, 0.4) is 0 Å². The van der Waals surface area contributed by atoms with Crippen molar-refractivity contribution in [3.8, 4) is 0 Å². The van der Waals surface area contributed by atoms with E-state index in [1.54, 1.807) is 91.0 Å². The van der Waals surface area contributed by atoms with Gasteiger partial charge >= 0.3 is 0 Å². The first kappa shape index (κ1) is 37.2. The molecule has 6 rings (SSSR count). The summed E-state index contributed by atoms with van der Waals surface area (Å²) in [4.78, 5) is -0.954. The van der Waals surface area contributed by atoms with Gasteiger partial charge in [0.2, 0.25) is 0 Å². The van der Waals surface area contributed by atoms with Crippen LogP contribution in [0.4, 0.5) is 34.1 Å². The van der Waals surface area contributed by atoms with E-state index in [4.69, 9.17) is 0 Å². The van der Waals surface area contributed by atoms with Crippen LogP contribution < -0.4 is 16.0 Å². The zero-order valence-electron chi connectivity index (χ0n) is 27.3. The first-order chi connectivity index (χ1) is 25.0. The maximum absolute atomic E-state index is 12.6. The molecule has 0 radical (unpaired) electrons. The van der Waals surface area contributed by atoms with E-state index in [1.165, 1.54) is 54.6 Å². The van der Waals surface area contributed by atoms with Gasteiger partial charge in [-0.15, -0.1) is 0 Å². The Balaban J connectivity index is 1.37. The Hall–Kier alpha value is -5.59. The summed E-state index contributed by atoms with van der Waals surface area (Å²) in [6.07, 6.45) is 0. The number of aliphatic hydroxyl groups is 1. The molecule has 0 unspecified atom stereocenters. The number of anilines is 6. The molecule has 0 aliphatic rings. The molecular formula is C37H31N3O10S3. The second-order valence-corrected chi connectivity index (χ2v) is 15.9. The third-order valence-electron chi connectivity index (χ3n) is 8.24. The van der Waals surface area contributed by atoms with Crippen molar-refractivity contribution < 1.29 is 44.0 Å². The standard InChI is InChI=1S/C37H31N3O10S3/c41-37(25-13-19-28(20-14-25)38-31-7-1-4-10-34(31)51(42,43)44,26-15-21-29(22-16-26)39-32-8-2-5-11-35(32)52(45,46)47)27-17-23-30(24-18-27)40-33-9-3-6-12-36(33)53(48,49)50/h1-24,38-41H,(H,42,43,44)(H,45,46,47)(H,48,49,50). The highest BCUT2D eigenvalue weighted by atomic mass is 32.2. The predicted octanol–water partition coefficient (Wildman–Crippen LogP) is 6.94. The smallest absolute Gasteiger partial charge is 0.296 e. The highest BCUT2D eigenvalue weighted by Gasteiger charge is 2.34. The quantitative estimate of drug-likeness (QED) is 0.0496. The molecule has 0 aliphatic heterocycles. The summed E-state index contributed by atoms with van der Waals surface area (Å²) in [6, 6.07) is 36.9. The Morgan fingerprint density at radius 1 is 0.358 bits per heavy atom. The molecule has 0 saturated heterocycles. The third kappa shape index (κ3) is 8.24. The molecule has 16 heteroatoms. The number of para-hydroxylation sites is 3. The summed E-state index contributed by atoms with van der Waals surface area (Å²) in [5, 5.41) is 21.5. The summed E-state index contributed by atoms with van der Waals surface area (Å²) in [5.74, 6) is 0. The minimum atomic E-state index is -4.52. The van der Waals surface area contributed by atoms with Crippen molar-refractivity contribution in [2.45, 2.75) is 20.3 Å². The first-order valence-electron chi connectivity index (χ1n) is 15.6. The number of hydrogen-bond acceptors (Lipinski definition) is 10. The summed E-state index contributed by atoms with van der Waals surface area (Å²) in [7, 11) is -13.6. The lowest BCUT2D eigenvalue weighted by Crippen LogP contribution is -2.28. The molecule has 0 bridgehead atoms. The Bertz CT molecular complexity index is 2330. The summed E-state index contributed by atoms with van der Waals surface area (Å²) in [5.41, 5.74) is 1.09. The molecule has 0 heterocycles. The van der Waals surface area contributed by atoms with Gasteiger partial charge in [-0.1, -0.05) is 72.8 Å². The Morgan fingerprint density at radius 2 is 0.585 bits per heavy atom. The van der Waals surface area contributed by atoms with Crippen LogP contribution in [0.25, 0.3) is 0 Å². The average molecular weight is 774 g/mol. The minimum Gasteiger partial charge on any atom is -0.376 e. The van der Waals surface area contributed by atoms with E-state index in [2.05, 4.69) is 16.0 Å². The van der Waals surface area contributed by atoms with Gasteiger partial charge in [-0.3, -0.25) is 13.7 Å². The summed E-state index contributed by atoms with van der Waals surface area (Å²) < 4.78 is 100. The van der Waals surface area contributed by atoms with Crippen LogP contribution in [0.5, 0.6) is 0 Å². The zero-order chi connectivity index (χ0) is 38.0.